The summed E-state index contributed by atoms with van der Waals surface area (Å²) in [6, 6.07) is 8.77. The van der Waals surface area contributed by atoms with E-state index in [1.165, 1.54) is 10.5 Å². The number of hydrogen-bond acceptors (Lipinski definition) is 3. The zero-order chi connectivity index (χ0) is 15.4. The molecule has 1 saturated heterocycles. The van der Waals surface area contributed by atoms with Crippen LogP contribution in [-0.2, 0) is 4.79 Å². The molecule has 1 aromatic carbocycles. The summed E-state index contributed by atoms with van der Waals surface area (Å²) in [6.45, 7) is 6.40. The van der Waals surface area contributed by atoms with Crippen molar-refractivity contribution in [1.29, 1.82) is 0 Å². The lowest BCUT2D eigenvalue weighted by atomic mass is 10.1. The Morgan fingerprint density at radius 2 is 1.95 bits per heavy atom. The lowest BCUT2D eigenvalue weighted by molar-refractivity contribution is -0.132. The molecule has 3 unspecified atom stereocenters. The third kappa shape index (κ3) is 3.43. The molecule has 1 N–H and O–H groups in total. The minimum atomic E-state index is -0.0331. The molecule has 1 aromatic rings. The maximum absolute atomic E-state index is 12.7. The highest BCUT2D eigenvalue weighted by Crippen LogP contribution is 2.30. The van der Waals surface area contributed by atoms with E-state index < -0.39 is 0 Å². The number of hydrogen-bond donors (Lipinski definition) is 1. The monoisotopic (exact) mass is 306 g/mol. The average molecular weight is 306 g/mol. The summed E-state index contributed by atoms with van der Waals surface area (Å²) in [5.41, 5.74) is 1.18. The molecule has 0 aromatic heterocycles. The third-order valence-corrected chi connectivity index (χ3v) is 5.01. The highest BCUT2D eigenvalue weighted by Gasteiger charge is 2.40. The predicted octanol–water partition coefficient (Wildman–Crippen LogP) is 3.81. The Labute approximate surface area is 132 Å². The summed E-state index contributed by atoms with van der Waals surface area (Å²) in [5.74, 6) is 0.255. The second kappa shape index (κ2) is 7.32. The van der Waals surface area contributed by atoms with Crippen LogP contribution in [-0.4, -0.2) is 29.1 Å². The molecule has 0 radical (unpaired) electrons. The van der Waals surface area contributed by atoms with Crippen molar-refractivity contribution in [3.05, 3.63) is 29.8 Å². The van der Waals surface area contributed by atoms with Gasteiger partial charge in [0, 0.05) is 10.9 Å². The van der Waals surface area contributed by atoms with Gasteiger partial charge in [-0.2, -0.15) is 0 Å². The van der Waals surface area contributed by atoms with Crippen LogP contribution in [0.15, 0.2) is 29.2 Å². The summed E-state index contributed by atoms with van der Waals surface area (Å²) in [6.07, 6.45) is 5.00. The second-order valence-electron chi connectivity index (χ2n) is 5.69. The fourth-order valence-corrected chi connectivity index (χ4v) is 3.26. The molecule has 3 nitrogen and oxygen atoms in total. The van der Waals surface area contributed by atoms with Gasteiger partial charge in [0.2, 0.25) is 5.91 Å². The van der Waals surface area contributed by atoms with Crippen molar-refractivity contribution in [3.63, 3.8) is 0 Å². The summed E-state index contributed by atoms with van der Waals surface area (Å²) in [5, 5.41) is 3.53. The highest BCUT2D eigenvalue weighted by molar-refractivity contribution is 7.98. The molecule has 3 atom stereocenters. The van der Waals surface area contributed by atoms with Crippen molar-refractivity contribution < 1.29 is 4.79 Å². The maximum atomic E-state index is 12.7. The molecule has 0 aliphatic carbocycles. The zero-order valence-electron chi connectivity index (χ0n) is 13.4. The topological polar surface area (TPSA) is 32.3 Å². The summed E-state index contributed by atoms with van der Waals surface area (Å²) in [4.78, 5) is 16.0. The quantitative estimate of drug-likeness (QED) is 0.811. The van der Waals surface area contributed by atoms with Crippen LogP contribution in [0.4, 0.5) is 0 Å². The Morgan fingerprint density at radius 3 is 2.48 bits per heavy atom. The molecule has 1 heterocycles. The van der Waals surface area contributed by atoms with Gasteiger partial charge < -0.3 is 4.90 Å². The number of nitrogens with one attached hydrogen (secondary N) is 1. The van der Waals surface area contributed by atoms with Gasteiger partial charge in [-0.05, 0) is 43.7 Å². The Kier molecular flexibility index (Phi) is 5.71. The first-order valence-corrected chi connectivity index (χ1v) is 9.07. The van der Waals surface area contributed by atoms with Crippen LogP contribution in [0.2, 0.25) is 0 Å². The number of carbonyl (C=O) groups is 1. The van der Waals surface area contributed by atoms with Crippen molar-refractivity contribution in [2.24, 2.45) is 0 Å². The summed E-state index contributed by atoms with van der Waals surface area (Å²) >= 11 is 1.74. The Hall–Kier alpha value is -1.00. The fraction of sp³-hybridized carbons (Fsp3) is 0.588. The molecule has 0 saturated carbocycles. The minimum Gasteiger partial charge on any atom is -0.319 e. The molecule has 1 aliphatic heterocycles. The number of carbonyl (C=O) groups excluding carboxylic acids is 1. The number of rotatable bonds is 6. The second-order valence-corrected chi connectivity index (χ2v) is 6.57. The molecule has 116 valence electrons. The molecule has 21 heavy (non-hydrogen) atoms. The number of nitrogens with zero attached hydrogens (tertiary/aromatic N) is 1. The van der Waals surface area contributed by atoms with Gasteiger partial charge in [0.25, 0.3) is 0 Å². The largest absolute Gasteiger partial charge is 0.319 e. The van der Waals surface area contributed by atoms with Crippen LogP contribution < -0.4 is 5.32 Å². The van der Waals surface area contributed by atoms with E-state index >= 15 is 0 Å². The number of benzene rings is 1. The van der Waals surface area contributed by atoms with Crippen LogP contribution in [0, 0.1) is 0 Å². The van der Waals surface area contributed by atoms with Crippen LogP contribution in [0.1, 0.15) is 51.8 Å². The molecule has 1 aliphatic rings. The van der Waals surface area contributed by atoms with Crippen LogP contribution in [0.3, 0.4) is 0 Å². The van der Waals surface area contributed by atoms with Gasteiger partial charge in [-0.1, -0.05) is 32.4 Å². The Morgan fingerprint density at radius 1 is 1.29 bits per heavy atom. The lowest BCUT2D eigenvalue weighted by Crippen LogP contribution is -2.38. The smallest absolute Gasteiger partial charge is 0.241 e. The van der Waals surface area contributed by atoms with E-state index in [1.54, 1.807) is 11.8 Å². The van der Waals surface area contributed by atoms with Crippen molar-refractivity contribution >= 4 is 17.7 Å². The normalized spacial score (nSPS) is 23.6. The van der Waals surface area contributed by atoms with Crippen LogP contribution >= 0.6 is 11.8 Å². The maximum Gasteiger partial charge on any atom is 0.241 e. The lowest BCUT2D eigenvalue weighted by Gasteiger charge is -2.30. The van der Waals surface area contributed by atoms with Crippen LogP contribution in [0.5, 0.6) is 0 Å². The van der Waals surface area contributed by atoms with E-state index in [-0.39, 0.29) is 24.2 Å². The first-order valence-electron chi connectivity index (χ1n) is 7.84. The van der Waals surface area contributed by atoms with E-state index in [0.717, 1.165) is 19.3 Å². The SMILES string of the molecule is CCCC1NC(c2ccc(SC)cc2)N(C(C)CC)C1=O. The van der Waals surface area contributed by atoms with Crippen molar-refractivity contribution in [2.75, 3.05) is 6.26 Å². The highest BCUT2D eigenvalue weighted by atomic mass is 32.2. The van der Waals surface area contributed by atoms with Gasteiger partial charge in [0.15, 0.2) is 0 Å². The van der Waals surface area contributed by atoms with E-state index in [9.17, 15) is 4.79 Å². The third-order valence-electron chi connectivity index (χ3n) is 4.26. The summed E-state index contributed by atoms with van der Waals surface area (Å²) < 4.78 is 0. The first-order chi connectivity index (χ1) is 10.1. The molecular formula is C17H26N2OS. The van der Waals surface area contributed by atoms with E-state index in [4.69, 9.17) is 0 Å². The molecular weight excluding hydrogens is 280 g/mol. The molecule has 2 rings (SSSR count). The molecule has 1 fully saturated rings. The van der Waals surface area contributed by atoms with E-state index in [2.05, 4.69) is 56.6 Å². The molecule has 4 heteroatoms. The predicted molar refractivity (Wildman–Crippen MR) is 89.4 cm³/mol. The zero-order valence-corrected chi connectivity index (χ0v) is 14.2. The van der Waals surface area contributed by atoms with Crippen molar-refractivity contribution in [2.45, 2.75) is 63.2 Å². The molecule has 0 bridgehead atoms. The molecule has 1 amide bonds. The van der Waals surface area contributed by atoms with Gasteiger partial charge >= 0.3 is 0 Å². The summed E-state index contributed by atoms with van der Waals surface area (Å²) in [7, 11) is 0. The Balaban J connectivity index is 2.27. The number of amides is 1. The minimum absolute atomic E-state index is 0.0138. The fourth-order valence-electron chi connectivity index (χ4n) is 2.86. The van der Waals surface area contributed by atoms with Gasteiger partial charge in [-0.3, -0.25) is 10.1 Å². The standard InChI is InChI=1S/C17H26N2OS/c1-5-7-15-17(20)19(12(3)6-2)16(18-15)13-8-10-14(21-4)11-9-13/h8-12,15-16,18H,5-7H2,1-4H3. The van der Waals surface area contributed by atoms with Gasteiger partial charge in [-0.15, -0.1) is 11.8 Å². The van der Waals surface area contributed by atoms with Crippen molar-refractivity contribution in [3.8, 4) is 0 Å². The van der Waals surface area contributed by atoms with Gasteiger partial charge in [-0.25, -0.2) is 0 Å². The van der Waals surface area contributed by atoms with Gasteiger partial charge in [0.05, 0.1) is 6.04 Å². The van der Waals surface area contributed by atoms with E-state index in [1.807, 2.05) is 4.90 Å². The average Bonchev–Trinajstić information content (AvgIpc) is 2.84. The van der Waals surface area contributed by atoms with Crippen LogP contribution in [0.25, 0.3) is 0 Å². The van der Waals surface area contributed by atoms with E-state index in [0.29, 0.717) is 0 Å². The van der Waals surface area contributed by atoms with Gasteiger partial charge in [0.1, 0.15) is 6.17 Å². The molecule has 0 spiro atoms. The number of thioether (sulfide) groups is 1. The van der Waals surface area contributed by atoms with Crippen molar-refractivity contribution in [1.82, 2.24) is 10.2 Å². The Bertz CT molecular complexity index is 474. The first kappa shape index (κ1) is 16.4.